The fourth-order valence-corrected chi connectivity index (χ4v) is 5.25. The molecule has 1 aromatic heterocycles. The maximum Gasteiger partial charge on any atom is 0.271 e. The number of hydrogen-bond acceptors (Lipinski definition) is 6. The lowest BCUT2D eigenvalue weighted by Gasteiger charge is -2.34. The van der Waals surface area contributed by atoms with E-state index >= 15 is 0 Å². The van der Waals surface area contributed by atoms with Crippen LogP contribution >= 0.6 is 0 Å². The summed E-state index contributed by atoms with van der Waals surface area (Å²) < 4.78 is 28.9. The van der Waals surface area contributed by atoms with Crippen molar-refractivity contribution in [3.63, 3.8) is 0 Å². The van der Waals surface area contributed by atoms with Crippen molar-refractivity contribution in [2.24, 2.45) is 0 Å². The predicted octanol–water partition coefficient (Wildman–Crippen LogP) is 2.32. The summed E-state index contributed by atoms with van der Waals surface area (Å²) >= 11 is 0. The molecule has 9 nitrogen and oxygen atoms in total. The van der Waals surface area contributed by atoms with Crippen LogP contribution in [-0.2, 0) is 14.8 Å². The minimum atomic E-state index is -3.66. The third kappa shape index (κ3) is 4.87. The van der Waals surface area contributed by atoms with Gasteiger partial charge in [0.05, 0.1) is 10.6 Å². The molecule has 0 atom stereocenters. The Hall–Kier alpha value is -3.50. The van der Waals surface area contributed by atoms with Gasteiger partial charge in [-0.25, -0.2) is 8.42 Å². The van der Waals surface area contributed by atoms with Crippen LogP contribution < -0.4 is 15.8 Å². The summed E-state index contributed by atoms with van der Waals surface area (Å²) in [5.41, 5.74) is 3.21. The molecule has 178 valence electrons. The van der Waals surface area contributed by atoms with Crippen LogP contribution in [0.4, 0.5) is 11.5 Å². The van der Waals surface area contributed by atoms with Gasteiger partial charge in [0.2, 0.25) is 15.9 Å². The van der Waals surface area contributed by atoms with Gasteiger partial charge >= 0.3 is 0 Å². The lowest BCUT2D eigenvalue weighted by molar-refractivity contribution is -0.114. The van der Waals surface area contributed by atoms with Crippen LogP contribution in [0, 0.1) is 13.8 Å². The molecular weight excluding hydrogens is 454 g/mol. The average molecular weight is 482 g/mol. The molecule has 0 spiro atoms. The van der Waals surface area contributed by atoms with Gasteiger partial charge in [-0.05, 0) is 67.4 Å². The smallest absolute Gasteiger partial charge is 0.271 e. The van der Waals surface area contributed by atoms with Crippen molar-refractivity contribution in [3.05, 3.63) is 76.1 Å². The van der Waals surface area contributed by atoms with Crippen molar-refractivity contribution < 1.29 is 13.2 Å². The number of hydrogen-bond donors (Lipinski definition) is 1. The number of carbonyl (C=O) groups is 1. The molecule has 1 fully saturated rings. The first kappa shape index (κ1) is 23.7. The zero-order chi connectivity index (χ0) is 24.5. The third-order valence-corrected chi connectivity index (χ3v) is 7.81. The molecule has 2 aromatic carbocycles. The molecule has 4 rings (SSSR count). The first-order valence-corrected chi connectivity index (χ1v) is 12.4. The number of amides is 1. The van der Waals surface area contributed by atoms with Crippen molar-refractivity contribution in [2.75, 3.05) is 36.4 Å². The number of aryl methyl sites for hydroxylation is 2. The molecule has 1 aliphatic rings. The number of benzene rings is 2. The first-order chi connectivity index (χ1) is 16.1. The van der Waals surface area contributed by atoms with Gasteiger partial charge in [0.25, 0.3) is 5.56 Å². The molecular formula is C24H27N5O4S. The quantitative estimate of drug-likeness (QED) is 0.600. The average Bonchev–Trinajstić information content (AvgIpc) is 2.81. The predicted molar refractivity (Wildman–Crippen MR) is 131 cm³/mol. The molecule has 0 bridgehead atoms. The second kappa shape index (κ2) is 9.40. The molecule has 34 heavy (non-hydrogen) atoms. The molecule has 2 heterocycles. The molecule has 1 N–H and O–H groups in total. The summed E-state index contributed by atoms with van der Waals surface area (Å²) in [6, 6.07) is 15.0. The van der Waals surface area contributed by atoms with Gasteiger partial charge in [-0.15, -0.1) is 5.10 Å². The standard InChI is InChI=1S/C24H27N5O4S/c1-17-4-7-21(16-18(17)2)29-24(31)11-10-23(26-29)27-12-14-28(15-13-27)34(32,33)22-8-5-20(6-9-22)25-19(3)30/h4-11,16H,12-15H2,1-3H3,(H,25,30). The Balaban J connectivity index is 1.49. The number of carbonyl (C=O) groups excluding carboxylic acids is 1. The Bertz CT molecular complexity index is 1380. The van der Waals surface area contributed by atoms with Crippen molar-refractivity contribution in [1.82, 2.24) is 14.1 Å². The molecule has 10 heteroatoms. The normalized spacial score (nSPS) is 14.7. The number of rotatable bonds is 5. The lowest BCUT2D eigenvalue weighted by atomic mass is 10.1. The van der Waals surface area contributed by atoms with E-state index in [0.717, 1.165) is 11.1 Å². The van der Waals surface area contributed by atoms with Crippen LogP contribution in [0.3, 0.4) is 0 Å². The first-order valence-electron chi connectivity index (χ1n) is 11.0. The van der Waals surface area contributed by atoms with E-state index in [2.05, 4.69) is 10.4 Å². The number of anilines is 2. The minimum Gasteiger partial charge on any atom is -0.353 e. The second-order valence-electron chi connectivity index (χ2n) is 8.31. The minimum absolute atomic E-state index is 0.177. The fraction of sp³-hybridized carbons (Fsp3) is 0.292. The topological polar surface area (TPSA) is 105 Å². The van der Waals surface area contributed by atoms with E-state index in [-0.39, 0.29) is 16.4 Å². The molecule has 0 saturated carbocycles. The number of nitrogens with zero attached hydrogens (tertiary/aromatic N) is 4. The van der Waals surface area contributed by atoms with Gasteiger partial charge in [-0.2, -0.15) is 8.99 Å². The van der Waals surface area contributed by atoms with Gasteiger partial charge in [0, 0.05) is 44.9 Å². The van der Waals surface area contributed by atoms with E-state index in [1.807, 2.05) is 36.9 Å². The van der Waals surface area contributed by atoms with E-state index in [1.54, 1.807) is 18.2 Å². The van der Waals surface area contributed by atoms with Crippen molar-refractivity contribution in [2.45, 2.75) is 25.7 Å². The summed E-state index contributed by atoms with van der Waals surface area (Å²) in [6.07, 6.45) is 0. The summed E-state index contributed by atoms with van der Waals surface area (Å²) in [7, 11) is -3.66. The number of nitrogens with one attached hydrogen (secondary N) is 1. The van der Waals surface area contributed by atoms with Gasteiger partial charge in [0.1, 0.15) is 5.82 Å². The van der Waals surface area contributed by atoms with Crippen molar-refractivity contribution in [3.8, 4) is 5.69 Å². The van der Waals surface area contributed by atoms with Crippen LogP contribution in [0.25, 0.3) is 5.69 Å². The monoisotopic (exact) mass is 481 g/mol. The Kier molecular flexibility index (Phi) is 6.54. The second-order valence-corrected chi connectivity index (χ2v) is 10.2. The Labute approximate surface area is 198 Å². The zero-order valence-corrected chi connectivity index (χ0v) is 20.2. The van der Waals surface area contributed by atoms with Crippen molar-refractivity contribution >= 4 is 27.4 Å². The summed E-state index contributed by atoms with van der Waals surface area (Å²) in [6.45, 7) is 6.87. The summed E-state index contributed by atoms with van der Waals surface area (Å²) in [5.74, 6) is 0.402. The molecule has 0 unspecified atom stereocenters. The van der Waals surface area contributed by atoms with E-state index in [1.165, 1.54) is 34.1 Å². The van der Waals surface area contributed by atoms with Gasteiger partial charge < -0.3 is 10.2 Å². The Morgan fingerprint density at radius 3 is 2.21 bits per heavy atom. The van der Waals surface area contributed by atoms with E-state index in [9.17, 15) is 18.0 Å². The van der Waals surface area contributed by atoms with Crippen LogP contribution in [0.2, 0.25) is 0 Å². The van der Waals surface area contributed by atoms with Gasteiger partial charge in [-0.1, -0.05) is 6.07 Å². The largest absolute Gasteiger partial charge is 0.353 e. The summed E-state index contributed by atoms with van der Waals surface area (Å²) in [4.78, 5) is 25.8. The maximum absolute atomic E-state index is 13.1. The Morgan fingerprint density at radius 1 is 0.912 bits per heavy atom. The highest BCUT2D eigenvalue weighted by molar-refractivity contribution is 7.89. The maximum atomic E-state index is 13.1. The fourth-order valence-electron chi connectivity index (χ4n) is 3.83. The Morgan fingerprint density at radius 2 is 1.59 bits per heavy atom. The molecule has 0 aliphatic carbocycles. The highest BCUT2D eigenvalue weighted by atomic mass is 32.2. The number of sulfonamides is 1. The molecule has 1 saturated heterocycles. The molecule has 3 aromatic rings. The van der Waals surface area contributed by atoms with Crippen LogP contribution in [0.5, 0.6) is 0 Å². The van der Waals surface area contributed by atoms with Crippen LogP contribution in [0.1, 0.15) is 18.1 Å². The van der Waals surface area contributed by atoms with Crippen molar-refractivity contribution in [1.29, 1.82) is 0 Å². The molecule has 1 aliphatic heterocycles. The van der Waals surface area contributed by atoms with E-state index in [4.69, 9.17) is 0 Å². The SMILES string of the molecule is CC(=O)Nc1ccc(S(=O)(=O)N2CCN(c3ccc(=O)n(-c4ccc(C)c(C)c4)n3)CC2)cc1. The highest BCUT2D eigenvalue weighted by Gasteiger charge is 2.29. The zero-order valence-electron chi connectivity index (χ0n) is 19.4. The molecule has 1 amide bonds. The van der Waals surface area contributed by atoms with Gasteiger partial charge in [0.15, 0.2) is 0 Å². The number of aromatic nitrogens is 2. The van der Waals surface area contributed by atoms with E-state index in [0.29, 0.717) is 43.4 Å². The van der Waals surface area contributed by atoms with Crippen LogP contribution in [0.15, 0.2) is 64.3 Å². The number of piperazine rings is 1. The third-order valence-electron chi connectivity index (χ3n) is 5.90. The highest BCUT2D eigenvalue weighted by Crippen LogP contribution is 2.22. The lowest BCUT2D eigenvalue weighted by Crippen LogP contribution is -2.49. The van der Waals surface area contributed by atoms with Gasteiger partial charge in [-0.3, -0.25) is 9.59 Å². The molecule has 0 radical (unpaired) electrons. The van der Waals surface area contributed by atoms with Crippen LogP contribution in [-0.4, -0.2) is 54.6 Å². The summed E-state index contributed by atoms with van der Waals surface area (Å²) in [5, 5.41) is 7.17. The van der Waals surface area contributed by atoms with E-state index < -0.39 is 10.0 Å².